The second-order valence-electron chi connectivity index (χ2n) is 4.96. The van der Waals surface area contributed by atoms with Crippen LogP contribution in [0.1, 0.15) is 32.6 Å². The number of nitrogen functional groups attached to an aromatic ring is 1. The van der Waals surface area contributed by atoms with Crippen molar-refractivity contribution in [1.82, 2.24) is 4.31 Å². The number of sulfonamides is 1. The number of nitrogens with two attached hydrogens (primary N) is 1. The summed E-state index contributed by atoms with van der Waals surface area (Å²) < 4.78 is 41.0. The van der Waals surface area contributed by atoms with E-state index in [-0.39, 0.29) is 21.1 Å². The zero-order valence-corrected chi connectivity index (χ0v) is 13.7. The fourth-order valence-corrected chi connectivity index (χ4v) is 5.14. The quantitative estimate of drug-likeness (QED) is 0.834. The number of benzene rings is 1. The number of nitrogens with zero attached hydrogens (tertiary/aromatic N) is 1. The minimum Gasteiger partial charge on any atom is -0.399 e. The minimum absolute atomic E-state index is 0.0374. The second kappa shape index (κ2) is 5.99. The van der Waals surface area contributed by atoms with Gasteiger partial charge in [-0.15, -0.1) is 0 Å². The van der Waals surface area contributed by atoms with E-state index in [1.165, 1.54) is 16.4 Å². The molecule has 1 saturated carbocycles. The molecule has 2 N–H and O–H groups in total. The van der Waals surface area contributed by atoms with Crippen LogP contribution in [0.15, 0.2) is 21.5 Å². The van der Waals surface area contributed by atoms with Crippen molar-refractivity contribution in [2.45, 2.75) is 43.5 Å². The molecule has 2 rings (SSSR count). The van der Waals surface area contributed by atoms with Crippen LogP contribution in [0.2, 0.25) is 0 Å². The third-order valence-electron chi connectivity index (χ3n) is 3.65. The van der Waals surface area contributed by atoms with Crippen molar-refractivity contribution in [3.8, 4) is 0 Å². The highest BCUT2D eigenvalue weighted by atomic mass is 79.9. The molecule has 1 aliphatic rings. The van der Waals surface area contributed by atoms with Crippen LogP contribution >= 0.6 is 15.9 Å². The summed E-state index contributed by atoms with van der Waals surface area (Å²) in [5, 5.41) is 0. The zero-order chi connectivity index (χ0) is 14.9. The Labute approximate surface area is 127 Å². The Morgan fingerprint density at radius 2 is 2.00 bits per heavy atom. The van der Waals surface area contributed by atoms with Gasteiger partial charge in [0.15, 0.2) is 5.82 Å². The molecular weight excluding hydrogens is 347 g/mol. The first kappa shape index (κ1) is 15.7. The van der Waals surface area contributed by atoms with Crippen molar-refractivity contribution in [2.75, 3.05) is 12.3 Å². The normalized spacial score (nSPS) is 17.0. The van der Waals surface area contributed by atoms with E-state index in [2.05, 4.69) is 15.9 Å². The SMILES string of the molecule is CCN(C1CCCC1)S(=O)(=O)c1cc(N)cc(Br)c1F. The van der Waals surface area contributed by atoms with Crippen molar-refractivity contribution in [1.29, 1.82) is 0 Å². The van der Waals surface area contributed by atoms with Crippen LogP contribution in [0.5, 0.6) is 0 Å². The molecule has 7 heteroatoms. The third kappa shape index (κ3) is 2.84. The summed E-state index contributed by atoms with van der Waals surface area (Å²) >= 11 is 3.01. The van der Waals surface area contributed by atoms with E-state index >= 15 is 0 Å². The molecule has 0 unspecified atom stereocenters. The predicted octanol–water partition coefficient (Wildman–Crippen LogP) is 3.12. The molecular formula is C13H18BrFN2O2S. The summed E-state index contributed by atoms with van der Waals surface area (Å²) in [6.45, 7) is 2.11. The molecule has 20 heavy (non-hydrogen) atoms. The van der Waals surface area contributed by atoms with Gasteiger partial charge in [-0.25, -0.2) is 12.8 Å². The Bertz CT molecular complexity index is 601. The monoisotopic (exact) mass is 364 g/mol. The van der Waals surface area contributed by atoms with E-state index in [0.717, 1.165) is 25.7 Å². The molecule has 0 bridgehead atoms. The first-order chi connectivity index (χ1) is 9.37. The molecule has 1 aromatic rings. The van der Waals surface area contributed by atoms with Crippen LogP contribution in [0, 0.1) is 5.82 Å². The lowest BCUT2D eigenvalue weighted by Gasteiger charge is -2.27. The molecule has 0 atom stereocenters. The van der Waals surface area contributed by atoms with Crippen molar-refractivity contribution in [2.24, 2.45) is 0 Å². The van der Waals surface area contributed by atoms with Gasteiger partial charge in [0, 0.05) is 18.3 Å². The van der Waals surface area contributed by atoms with Crippen LogP contribution in [0.4, 0.5) is 10.1 Å². The lowest BCUT2D eigenvalue weighted by molar-refractivity contribution is 0.333. The van der Waals surface area contributed by atoms with Crippen molar-refractivity contribution >= 4 is 31.6 Å². The summed E-state index contributed by atoms with van der Waals surface area (Å²) in [6, 6.07) is 2.51. The summed E-state index contributed by atoms with van der Waals surface area (Å²) in [7, 11) is -3.86. The molecule has 0 aliphatic heterocycles. The van der Waals surface area contributed by atoms with Gasteiger partial charge in [0.05, 0.1) is 4.47 Å². The number of halogens is 2. The average Bonchev–Trinajstić information content (AvgIpc) is 2.87. The second-order valence-corrected chi connectivity index (χ2v) is 7.67. The van der Waals surface area contributed by atoms with Gasteiger partial charge in [-0.05, 0) is 40.9 Å². The summed E-state index contributed by atoms with van der Waals surface area (Å²) in [6.07, 6.45) is 3.69. The topological polar surface area (TPSA) is 63.4 Å². The van der Waals surface area contributed by atoms with Crippen LogP contribution < -0.4 is 5.73 Å². The summed E-state index contributed by atoms with van der Waals surface area (Å²) in [4.78, 5) is -0.349. The van der Waals surface area contributed by atoms with Crippen molar-refractivity contribution in [3.63, 3.8) is 0 Å². The largest absolute Gasteiger partial charge is 0.399 e. The highest BCUT2D eigenvalue weighted by Crippen LogP contribution is 2.32. The molecule has 4 nitrogen and oxygen atoms in total. The Hall–Kier alpha value is -0.660. The van der Waals surface area contributed by atoms with E-state index in [4.69, 9.17) is 5.73 Å². The van der Waals surface area contributed by atoms with Gasteiger partial charge in [0.2, 0.25) is 10.0 Å². The number of anilines is 1. The van der Waals surface area contributed by atoms with E-state index in [9.17, 15) is 12.8 Å². The number of hydrogen-bond donors (Lipinski definition) is 1. The first-order valence-corrected chi connectivity index (χ1v) is 8.87. The lowest BCUT2D eigenvalue weighted by Crippen LogP contribution is -2.39. The molecule has 0 spiro atoms. The Balaban J connectivity index is 2.48. The molecule has 0 aromatic heterocycles. The molecule has 0 heterocycles. The van der Waals surface area contributed by atoms with E-state index < -0.39 is 15.8 Å². The van der Waals surface area contributed by atoms with E-state index in [1.54, 1.807) is 6.92 Å². The highest BCUT2D eigenvalue weighted by molar-refractivity contribution is 9.10. The van der Waals surface area contributed by atoms with Gasteiger partial charge in [-0.1, -0.05) is 19.8 Å². The fourth-order valence-electron chi connectivity index (χ4n) is 2.71. The zero-order valence-electron chi connectivity index (χ0n) is 11.3. The van der Waals surface area contributed by atoms with Gasteiger partial charge in [-0.2, -0.15) is 4.31 Å². The molecule has 1 fully saturated rings. The first-order valence-electron chi connectivity index (χ1n) is 6.64. The van der Waals surface area contributed by atoms with Crippen LogP contribution in [0.25, 0.3) is 0 Å². The maximum absolute atomic E-state index is 14.2. The number of rotatable bonds is 4. The van der Waals surface area contributed by atoms with Gasteiger partial charge < -0.3 is 5.73 Å². The molecule has 1 aliphatic carbocycles. The maximum atomic E-state index is 14.2. The molecule has 0 saturated heterocycles. The molecule has 0 amide bonds. The molecule has 1 aromatic carbocycles. The van der Waals surface area contributed by atoms with Crippen LogP contribution in [-0.2, 0) is 10.0 Å². The Morgan fingerprint density at radius 1 is 1.40 bits per heavy atom. The maximum Gasteiger partial charge on any atom is 0.246 e. The Kier molecular flexibility index (Phi) is 4.71. The minimum atomic E-state index is -3.86. The van der Waals surface area contributed by atoms with Crippen molar-refractivity contribution in [3.05, 3.63) is 22.4 Å². The fraction of sp³-hybridized carbons (Fsp3) is 0.538. The van der Waals surface area contributed by atoms with Gasteiger partial charge in [0.25, 0.3) is 0 Å². The average molecular weight is 365 g/mol. The predicted molar refractivity (Wildman–Crippen MR) is 80.3 cm³/mol. The van der Waals surface area contributed by atoms with Gasteiger partial charge in [0.1, 0.15) is 4.90 Å². The lowest BCUT2D eigenvalue weighted by atomic mass is 10.2. The van der Waals surface area contributed by atoms with Crippen molar-refractivity contribution < 1.29 is 12.8 Å². The summed E-state index contributed by atoms with van der Waals surface area (Å²) in [5.74, 6) is -0.782. The molecule has 0 radical (unpaired) electrons. The summed E-state index contributed by atoms with van der Waals surface area (Å²) in [5.41, 5.74) is 5.86. The smallest absolute Gasteiger partial charge is 0.246 e. The Morgan fingerprint density at radius 3 is 2.55 bits per heavy atom. The van der Waals surface area contributed by atoms with Crippen LogP contribution in [0.3, 0.4) is 0 Å². The van der Waals surface area contributed by atoms with E-state index in [0.29, 0.717) is 6.54 Å². The van der Waals surface area contributed by atoms with Crippen LogP contribution in [-0.4, -0.2) is 25.3 Å². The highest BCUT2D eigenvalue weighted by Gasteiger charge is 2.34. The van der Waals surface area contributed by atoms with Gasteiger partial charge in [-0.3, -0.25) is 0 Å². The molecule has 112 valence electrons. The standard InChI is InChI=1S/C13H18BrFN2O2S/c1-2-17(10-5-3-4-6-10)20(18,19)12-8-9(16)7-11(14)13(12)15/h7-8,10H,2-6,16H2,1H3. The third-order valence-corrected chi connectivity index (χ3v) is 6.25. The van der Waals surface area contributed by atoms with Gasteiger partial charge >= 0.3 is 0 Å². The number of hydrogen-bond acceptors (Lipinski definition) is 3. The van der Waals surface area contributed by atoms with E-state index in [1.807, 2.05) is 0 Å².